The molecule has 1 rings (SSSR count). The molecule has 0 spiro atoms. The molecule has 1 atom stereocenters. The average molecular weight is 377 g/mol. The van der Waals surface area contributed by atoms with Crippen LogP contribution in [0.2, 0.25) is 15.1 Å². The minimum Gasteiger partial charge on any atom is -0.481 e. The molecule has 1 aromatic rings. The smallest absolute Gasteiger partial charge is 0.322 e. The van der Waals surface area contributed by atoms with E-state index in [1.54, 1.807) is 4.72 Å². The van der Waals surface area contributed by atoms with Crippen molar-refractivity contribution >= 4 is 56.8 Å². The zero-order valence-corrected chi connectivity index (χ0v) is 13.1. The van der Waals surface area contributed by atoms with Gasteiger partial charge in [-0.1, -0.05) is 34.8 Å². The van der Waals surface area contributed by atoms with Crippen LogP contribution in [0.15, 0.2) is 17.0 Å². The standard InChI is InChI=1S/C10H8Cl3NO6S/c11-4-1-5(12)9(6(13)2-4)21(19,20)14-7(10(17)18)3-8(15)16/h1-2,7,14H,3H2,(H,15,16)(H,17,18)/t7-/m1/s1. The Labute approximate surface area is 134 Å². The number of halogens is 3. The van der Waals surface area contributed by atoms with Gasteiger partial charge in [0.1, 0.15) is 10.9 Å². The van der Waals surface area contributed by atoms with Crippen molar-refractivity contribution in [1.82, 2.24) is 4.72 Å². The Morgan fingerprint density at radius 2 is 1.62 bits per heavy atom. The lowest BCUT2D eigenvalue weighted by molar-refractivity contribution is -0.145. The summed E-state index contributed by atoms with van der Waals surface area (Å²) in [4.78, 5) is 20.9. The number of hydrogen-bond donors (Lipinski definition) is 3. The third-order valence-corrected chi connectivity index (χ3v) is 4.82. The van der Waals surface area contributed by atoms with E-state index in [-0.39, 0.29) is 15.1 Å². The summed E-state index contributed by atoms with van der Waals surface area (Å²) >= 11 is 17.1. The fourth-order valence-corrected chi connectivity index (χ4v) is 4.12. The molecule has 0 amide bonds. The van der Waals surface area contributed by atoms with Crippen molar-refractivity contribution in [2.45, 2.75) is 17.4 Å². The molecular formula is C10H8Cl3NO6S. The zero-order chi connectivity index (χ0) is 16.4. The van der Waals surface area contributed by atoms with Gasteiger partial charge in [0.05, 0.1) is 16.5 Å². The van der Waals surface area contributed by atoms with Crippen molar-refractivity contribution in [2.24, 2.45) is 0 Å². The summed E-state index contributed by atoms with van der Waals surface area (Å²) < 4.78 is 25.9. The number of carboxylic acid groups (broad SMARTS) is 2. The highest BCUT2D eigenvalue weighted by Gasteiger charge is 2.30. The molecule has 0 saturated carbocycles. The first kappa shape index (κ1) is 18.0. The molecule has 21 heavy (non-hydrogen) atoms. The highest BCUT2D eigenvalue weighted by molar-refractivity contribution is 7.89. The average Bonchev–Trinajstić information content (AvgIpc) is 2.24. The van der Waals surface area contributed by atoms with Gasteiger partial charge in [0.25, 0.3) is 0 Å². The van der Waals surface area contributed by atoms with Gasteiger partial charge in [-0.3, -0.25) is 9.59 Å². The summed E-state index contributed by atoms with van der Waals surface area (Å²) in [6.45, 7) is 0. The van der Waals surface area contributed by atoms with Gasteiger partial charge in [0, 0.05) is 5.02 Å². The van der Waals surface area contributed by atoms with Gasteiger partial charge in [-0.15, -0.1) is 0 Å². The predicted molar refractivity (Wildman–Crippen MR) is 75.5 cm³/mol. The van der Waals surface area contributed by atoms with Gasteiger partial charge in [0.2, 0.25) is 10.0 Å². The first-order valence-corrected chi connectivity index (χ1v) is 7.77. The third-order valence-electron chi connectivity index (χ3n) is 2.21. The van der Waals surface area contributed by atoms with Crippen LogP contribution >= 0.6 is 34.8 Å². The van der Waals surface area contributed by atoms with Crippen LogP contribution in [0.4, 0.5) is 0 Å². The van der Waals surface area contributed by atoms with Crippen molar-refractivity contribution in [3.63, 3.8) is 0 Å². The molecule has 0 unspecified atom stereocenters. The molecule has 1 aromatic carbocycles. The summed E-state index contributed by atoms with van der Waals surface area (Å²) in [7, 11) is -4.44. The highest BCUT2D eigenvalue weighted by Crippen LogP contribution is 2.32. The lowest BCUT2D eigenvalue weighted by atomic mass is 10.2. The van der Waals surface area contributed by atoms with Gasteiger partial charge in [-0.05, 0) is 12.1 Å². The maximum absolute atomic E-state index is 12.1. The molecule has 0 aliphatic heterocycles. The highest BCUT2D eigenvalue weighted by atomic mass is 35.5. The summed E-state index contributed by atoms with van der Waals surface area (Å²) in [6.07, 6.45) is -0.947. The second kappa shape index (κ2) is 6.80. The topological polar surface area (TPSA) is 121 Å². The number of aliphatic carboxylic acids is 2. The van der Waals surface area contributed by atoms with E-state index in [4.69, 9.17) is 45.0 Å². The van der Waals surface area contributed by atoms with E-state index in [0.717, 1.165) is 12.1 Å². The Morgan fingerprint density at radius 1 is 1.14 bits per heavy atom. The number of hydrogen-bond acceptors (Lipinski definition) is 4. The fraction of sp³-hybridized carbons (Fsp3) is 0.200. The molecule has 7 nitrogen and oxygen atoms in total. The van der Waals surface area contributed by atoms with Gasteiger partial charge in [-0.25, -0.2) is 8.42 Å². The number of benzene rings is 1. The van der Waals surface area contributed by atoms with Gasteiger partial charge in [0.15, 0.2) is 0 Å². The molecular weight excluding hydrogens is 369 g/mol. The normalized spacial score (nSPS) is 12.9. The Hall–Kier alpha value is -1.06. The van der Waals surface area contributed by atoms with Crippen molar-refractivity contribution in [2.75, 3.05) is 0 Å². The number of sulfonamides is 1. The second-order valence-electron chi connectivity index (χ2n) is 3.81. The van der Waals surface area contributed by atoms with Crippen LogP contribution < -0.4 is 4.72 Å². The molecule has 0 aliphatic rings. The van der Waals surface area contributed by atoms with E-state index in [1.165, 1.54) is 0 Å². The van der Waals surface area contributed by atoms with E-state index in [1.807, 2.05) is 0 Å². The minimum absolute atomic E-state index is 0.0873. The Balaban J connectivity index is 3.23. The number of carboxylic acids is 2. The summed E-state index contributed by atoms with van der Waals surface area (Å²) in [5, 5.41) is 16.9. The van der Waals surface area contributed by atoms with Crippen molar-refractivity contribution in [3.8, 4) is 0 Å². The third kappa shape index (κ3) is 4.72. The van der Waals surface area contributed by atoms with Crippen molar-refractivity contribution < 1.29 is 28.2 Å². The molecule has 11 heteroatoms. The van der Waals surface area contributed by atoms with Gasteiger partial charge >= 0.3 is 11.9 Å². The Morgan fingerprint density at radius 3 is 2.00 bits per heavy atom. The Kier molecular flexibility index (Phi) is 5.83. The summed E-state index contributed by atoms with van der Waals surface area (Å²) in [6, 6.07) is 0.350. The molecule has 116 valence electrons. The molecule has 0 radical (unpaired) electrons. The van der Waals surface area contributed by atoms with Crippen LogP contribution in [0.1, 0.15) is 6.42 Å². The maximum atomic E-state index is 12.1. The molecule has 0 aromatic heterocycles. The van der Waals surface area contributed by atoms with Crippen LogP contribution in [0.25, 0.3) is 0 Å². The molecule has 0 fully saturated rings. The quantitative estimate of drug-likeness (QED) is 0.697. The van der Waals surface area contributed by atoms with Crippen LogP contribution in [0, 0.1) is 0 Å². The van der Waals surface area contributed by atoms with Crippen LogP contribution in [0.5, 0.6) is 0 Å². The molecule has 0 heterocycles. The van der Waals surface area contributed by atoms with Crippen LogP contribution in [-0.4, -0.2) is 36.6 Å². The Bertz CT molecular complexity index is 667. The molecule has 3 N–H and O–H groups in total. The largest absolute Gasteiger partial charge is 0.481 e. The molecule has 0 saturated heterocycles. The lowest BCUT2D eigenvalue weighted by Crippen LogP contribution is -2.42. The maximum Gasteiger partial charge on any atom is 0.322 e. The number of rotatable bonds is 6. The van der Waals surface area contributed by atoms with E-state index < -0.39 is 39.3 Å². The zero-order valence-electron chi connectivity index (χ0n) is 10.0. The second-order valence-corrected chi connectivity index (χ2v) is 6.71. The summed E-state index contributed by atoms with van der Waals surface area (Å²) in [5.74, 6) is -3.14. The lowest BCUT2D eigenvalue weighted by Gasteiger charge is -2.14. The van der Waals surface area contributed by atoms with E-state index >= 15 is 0 Å². The van der Waals surface area contributed by atoms with Gasteiger partial charge < -0.3 is 10.2 Å². The van der Waals surface area contributed by atoms with E-state index in [9.17, 15) is 18.0 Å². The van der Waals surface area contributed by atoms with Gasteiger partial charge in [-0.2, -0.15) is 4.72 Å². The summed E-state index contributed by atoms with van der Waals surface area (Å²) in [5.41, 5.74) is 0. The number of carbonyl (C=O) groups is 2. The first-order valence-electron chi connectivity index (χ1n) is 5.16. The monoisotopic (exact) mass is 375 g/mol. The SMILES string of the molecule is O=C(O)C[C@@H](NS(=O)(=O)c1c(Cl)cc(Cl)cc1Cl)C(=O)O. The van der Waals surface area contributed by atoms with Crippen LogP contribution in [-0.2, 0) is 19.6 Å². The van der Waals surface area contributed by atoms with Crippen molar-refractivity contribution in [3.05, 3.63) is 27.2 Å². The van der Waals surface area contributed by atoms with Crippen molar-refractivity contribution in [1.29, 1.82) is 0 Å². The first-order chi connectivity index (χ1) is 9.54. The van der Waals surface area contributed by atoms with E-state index in [0.29, 0.717) is 0 Å². The predicted octanol–water partition coefficient (Wildman–Crippen LogP) is 1.85. The minimum atomic E-state index is -4.44. The van der Waals surface area contributed by atoms with E-state index in [2.05, 4.69) is 0 Å². The molecule has 0 aliphatic carbocycles. The molecule has 0 bridgehead atoms. The van der Waals surface area contributed by atoms with Crippen LogP contribution in [0.3, 0.4) is 0 Å². The fourth-order valence-electron chi connectivity index (χ4n) is 1.39. The number of nitrogens with one attached hydrogen (secondary N) is 1.